The average molecular weight is 346 g/mol. The van der Waals surface area contributed by atoms with Gasteiger partial charge in [0.2, 0.25) is 5.16 Å². The lowest BCUT2D eigenvalue weighted by atomic mass is 10.2. The maximum atomic E-state index is 11.3. The number of rotatable bonds is 8. The van der Waals surface area contributed by atoms with Gasteiger partial charge in [0.05, 0.1) is 12.6 Å². The van der Waals surface area contributed by atoms with Crippen molar-refractivity contribution in [3.63, 3.8) is 0 Å². The number of H-pyrrole nitrogens is 1. The molecule has 0 aliphatic rings. The first-order valence-electron chi connectivity index (χ1n) is 7.73. The zero-order valence-electron chi connectivity index (χ0n) is 13.9. The number of aromatic amines is 1. The van der Waals surface area contributed by atoms with Crippen LogP contribution in [0.5, 0.6) is 5.75 Å². The lowest BCUT2D eigenvalue weighted by Gasteiger charge is -2.09. The maximum Gasteiger partial charge on any atom is 0.213 e. The number of nitrogens with zero attached hydrogens (tertiary/aromatic N) is 2. The SMILES string of the molecule is CCc1nc(S/C(=C/c2ccc(OCC(C)C)cc2)C(=O)[O-])n[nH]1. The summed E-state index contributed by atoms with van der Waals surface area (Å²) in [5, 5.41) is 18.4. The number of aryl methyl sites for hydroxylation is 1. The summed E-state index contributed by atoms with van der Waals surface area (Å²) < 4.78 is 5.61. The van der Waals surface area contributed by atoms with Crippen molar-refractivity contribution in [2.24, 2.45) is 5.92 Å². The molecule has 0 saturated carbocycles. The molecule has 0 atom stereocenters. The van der Waals surface area contributed by atoms with Crippen molar-refractivity contribution in [3.05, 3.63) is 40.6 Å². The van der Waals surface area contributed by atoms with Gasteiger partial charge < -0.3 is 14.6 Å². The van der Waals surface area contributed by atoms with Crippen LogP contribution in [0.3, 0.4) is 0 Å². The molecule has 0 unspecified atom stereocenters. The Morgan fingerprint density at radius 3 is 2.62 bits per heavy atom. The van der Waals surface area contributed by atoms with Crippen molar-refractivity contribution in [2.45, 2.75) is 32.3 Å². The van der Waals surface area contributed by atoms with E-state index in [1.165, 1.54) is 6.08 Å². The molecule has 24 heavy (non-hydrogen) atoms. The fourth-order valence-corrected chi connectivity index (χ4v) is 2.51. The number of benzene rings is 1. The third kappa shape index (κ3) is 5.42. The van der Waals surface area contributed by atoms with E-state index >= 15 is 0 Å². The summed E-state index contributed by atoms with van der Waals surface area (Å²) in [5.41, 5.74) is 0.741. The third-order valence-corrected chi connectivity index (χ3v) is 3.88. The molecule has 1 aromatic carbocycles. The summed E-state index contributed by atoms with van der Waals surface area (Å²) in [6.07, 6.45) is 2.24. The molecule has 0 aliphatic heterocycles. The van der Waals surface area contributed by atoms with E-state index in [1.807, 2.05) is 19.1 Å². The van der Waals surface area contributed by atoms with Crippen LogP contribution < -0.4 is 9.84 Å². The van der Waals surface area contributed by atoms with Crippen molar-refractivity contribution in [1.29, 1.82) is 0 Å². The number of carbonyl (C=O) groups excluding carboxylic acids is 1. The van der Waals surface area contributed by atoms with Gasteiger partial charge in [0.15, 0.2) is 0 Å². The van der Waals surface area contributed by atoms with Crippen molar-refractivity contribution in [3.8, 4) is 5.75 Å². The number of hydrogen-bond donors (Lipinski definition) is 1. The number of aromatic nitrogens is 3. The molecule has 7 heteroatoms. The molecule has 2 rings (SSSR count). The summed E-state index contributed by atoms with van der Waals surface area (Å²) in [5.74, 6) is 0.648. The molecule has 2 aromatic rings. The van der Waals surface area contributed by atoms with Crippen LogP contribution in [0.1, 0.15) is 32.2 Å². The van der Waals surface area contributed by atoms with Crippen molar-refractivity contribution in [2.75, 3.05) is 6.61 Å². The van der Waals surface area contributed by atoms with E-state index in [1.54, 1.807) is 12.1 Å². The molecule has 1 heterocycles. The second kappa shape index (κ2) is 8.54. The van der Waals surface area contributed by atoms with E-state index in [4.69, 9.17) is 4.74 Å². The monoisotopic (exact) mass is 346 g/mol. The van der Waals surface area contributed by atoms with E-state index in [-0.39, 0.29) is 4.91 Å². The number of hydrogen-bond acceptors (Lipinski definition) is 6. The Morgan fingerprint density at radius 2 is 2.08 bits per heavy atom. The summed E-state index contributed by atoms with van der Waals surface area (Å²) >= 11 is 0.961. The standard InChI is InChI=1S/C17H21N3O3S/c1-4-15-18-17(20-19-15)24-14(16(21)22)9-12-5-7-13(8-6-12)23-10-11(2)3/h5-9,11H,4,10H2,1-3H3,(H,21,22)(H,18,19,20)/p-1/b14-9+. The zero-order valence-corrected chi connectivity index (χ0v) is 14.7. The van der Waals surface area contributed by atoms with Crippen LogP contribution in [0, 0.1) is 5.92 Å². The van der Waals surface area contributed by atoms with Gasteiger partial charge >= 0.3 is 0 Å². The van der Waals surface area contributed by atoms with Gasteiger partial charge in [-0.25, -0.2) is 4.98 Å². The molecular weight excluding hydrogens is 326 g/mol. The number of thioether (sulfide) groups is 1. The van der Waals surface area contributed by atoms with E-state index in [0.29, 0.717) is 29.9 Å². The van der Waals surface area contributed by atoms with Crippen molar-refractivity contribution in [1.82, 2.24) is 15.2 Å². The van der Waals surface area contributed by atoms with Gasteiger partial charge in [-0.1, -0.05) is 32.9 Å². The van der Waals surface area contributed by atoms with Crippen LogP contribution in [0.15, 0.2) is 34.3 Å². The van der Waals surface area contributed by atoms with E-state index in [2.05, 4.69) is 29.0 Å². The predicted octanol–water partition coefficient (Wildman–Crippen LogP) is 2.28. The number of nitrogens with one attached hydrogen (secondary N) is 1. The van der Waals surface area contributed by atoms with Crippen LogP contribution in [0.25, 0.3) is 6.08 Å². The van der Waals surface area contributed by atoms with Crippen LogP contribution in [0.4, 0.5) is 0 Å². The van der Waals surface area contributed by atoms with E-state index in [9.17, 15) is 9.90 Å². The number of ether oxygens (including phenoxy) is 1. The minimum atomic E-state index is -1.26. The highest BCUT2D eigenvalue weighted by atomic mass is 32.2. The maximum absolute atomic E-state index is 11.3. The Labute approximate surface area is 145 Å². The van der Waals surface area contributed by atoms with E-state index < -0.39 is 5.97 Å². The smallest absolute Gasteiger partial charge is 0.213 e. The summed E-state index contributed by atoms with van der Waals surface area (Å²) in [7, 11) is 0. The summed E-state index contributed by atoms with van der Waals surface area (Å²) in [4.78, 5) is 15.6. The normalized spacial score (nSPS) is 11.8. The Balaban J connectivity index is 2.10. The second-order valence-corrected chi connectivity index (χ2v) is 6.60. The number of carbonyl (C=O) groups is 1. The van der Waals surface area contributed by atoms with Gasteiger partial charge in [-0.2, -0.15) is 0 Å². The van der Waals surface area contributed by atoms with Gasteiger partial charge in [-0.15, -0.1) is 5.10 Å². The summed E-state index contributed by atoms with van der Waals surface area (Å²) in [6, 6.07) is 7.23. The van der Waals surface area contributed by atoms with Gasteiger partial charge in [-0.05, 0) is 41.5 Å². The van der Waals surface area contributed by atoms with Gasteiger partial charge in [0.1, 0.15) is 11.6 Å². The molecule has 0 aliphatic carbocycles. The topological polar surface area (TPSA) is 90.9 Å². The van der Waals surface area contributed by atoms with Crippen LogP contribution in [-0.4, -0.2) is 27.8 Å². The number of aliphatic carboxylic acids is 1. The highest BCUT2D eigenvalue weighted by Gasteiger charge is 2.08. The Bertz CT molecular complexity index is 708. The molecule has 1 aromatic heterocycles. The second-order valence-electron chi connectivity index (χ2n) is 5.59. The lowest BCUT2D eigenvalue weighted by molar-refractivity contribution is -0.297. The quantitative estimate of drug-likeness (QED) is 0.582. The predicted molar refractivity (Wildman–Crippen MR) is 91.4 cm³/mol. The highest BCUT2D eigenvalue weighted by molar-refractivity contribution is 8.04. The highest BCUT2D eigenvalue weighted by Crippen LogP contribution is 2.25. The zero-order chi connectivity index (χ0) is 17.5. The van der Waals surface area contributed by atoms with Crippen LogP contribution >= 0.6 is 11.8 Å². The van der Waals surface area contributed by atoms with Gasteiger partial charge in [0.25, 0.3) is 0 Å². The van der Waals surface area contributed by atoms with E-state index in [0.717, 1.165) is 23.1 Å². The van der Waals surface area contributed by atoms with Crippen molar-refractivity contribution >= 4 is 23.8 Å². The molecule has 0 bridgehead atoms. The first kappa shape index (κ1) is 18.1. The Kier molecular flexibility index (Phi) is 6.43. The minimum Gasteiger partial charge on any atom is -0.544 e. The molecule has 0 radical (unpaired) electrons. The first-order chi connectivity index (χ1) is 11.5. The Morgan fingerprint density at radius 1 is 1.38 bits per heavy atom. The summed E-state index contributed by atoms with van der Waals surface area (Å²) in [6.45, 7) is 6.73. The largest absolute Gasteiger partial charge is 0.544 e. The minimum absolute atomic E-state index is 0.0486. The molecule has 0 fully saturated rings. The van der Waals surface area contributed by atoms with Gasteiger partial charge in [0, 0.05) is 11.3 Å². The van der Waals surface area contributed by atoms with Crippen LogP contribution in [0.2, 0.25) is 0 Å². The third-order valence-electron chi connectivity index (χ3n) is 3.01. The average Bonchev–Trinajstić information content (AvgIpc) is 3.01. The molecule has 0 amide bonds. The molecule has 6 nitrogen and oxygen atoms in total. The van der Waals surface area contributed by atoms with Crippen molar-refractivity contribution < 1.29 is 14.6 Å². The first-order valence-corrected chi connectivity index (χ1v) is 8.54. The fourth-order valence-electron chi connectivity index (χ4n) is 1.78. The van der Waals surface area contributed by atoms with Crippen LogP contribution in [-0.2, 0) is 11.2 Å². The number of carboxylic acids is 1. The molecule has 1 N–H and O–H groups in total. The fraction of sp³-hybridized carbons (Fsp3) is 0.353. The molecule has 0 spiro atoms. The molecule has 128 valence electrons. The molecular formula is C17H20N3O3S-. The molecule has 0 saturated heterocycles. The number of carboxylic acid groups (broad SMARTS) is 1. The van der Waals surface area contributed by atoms with Gasteiger partial charge in [-0.3, -0.25) is 5.10 Å². The lowest BCUT2D eigenvalue weighted by Crippen LogP contribution is -2.23. The Hall–Kier alpha value is -2.28.